The third kappa shape index (κ3) is 3.85. The molecule has 3 rings (SSSR count). The Labute approximate surface area is 180 Å². The van der Waals surface area contributed by atoms with Crippen molar-refractivity contribution in [3.63, 3.8) is 0 Å². The SMILES string of the molecule is CCc1cc(C(F)(C(F)(F)F)C(F)(F)F)cc(C)c1N(N)C(=O)c1ccc2c(c1)CCC2. The Balaban J connectivity index is 2.08. The number of alkyl halides is 7. The summed E-state index contributed by atoms with van der Waals surface area (Å²) in [6.45, 7) is 2.64. The van der Waals surface area contributed by atoms with Gasteiger partial charge in [0.05, 0.1) is 5.69 Å². The number of benzene rings is 2. The van der Waals surface area contributed by atoms with Gasteiger partial charge in [0.25, 0.3) is 5.91 Å². The van der Waals surface area contributed by atoms with Crippen molar-refractivity contribution in [2.45, 2.75) is 57.6 Å². The minimum Gasteiger partial charge on any atom is -0.267 e. The normalized spacial score (nSPS) is 14.4. The van der Waals surface area contributed by atoms with E-state index in [4.69, 9.17) is 5.84 Å². The maximum atomic E-state index is 14.6. The van der Waals surface area contributed by atoms with Gasteiger partial charge in [-0.25, -0.2) is 15.2 Å². The third-order valence-electron chi connectivity index (χ3n) is 5.74. The van der Waals surface area contributed by atoms with Crippen LogP contribution in [0.15, 0.2) is 30.3 Å². The van der Waals surface area contributed by atoms with Crippen molar-refractivity contribution in [1.29, 1.82) is 0 Å². The Kier molecular flexibility index (Phi) is 6.05. The maximum Gasteiger partial charge on any atom is 0.435 e. The second-order valence-corrected chi connectivity index (χ2v) is 7.82. The average Bonchev–Trinajstić information content (AvgIpc) is 3.17. The molecule has 3 nitrogen and oxygen atoms in total. The number of hydrazine groups is 1. The van der Waals surface area contributed by atoms with Crippen LogP contribution >= 0.6 is 0 Å². The summed E-state index contributed by atoms with van der Waals surface area (Å²) in [5, 5.41) is 0.690. The summed E-state index contributed by atoms with van der Waals surface area (Å²) < 4.78 is 93.7. The average molecular weight is 462 g/mol. The van der Waals surface area contributed by atoms with Crippen molar-refractivity contribution >= 4 is 11.6 Å². The van der Waals surface area contributed by atoms with Crippen LogP contribution in [0.2, 0.25) is 0 Å². The molecule has 0 saturated heterocycles. The second kappa shape index (κ2) is 8.06. The lowest BCUT2D eigenvalue weighted by Gasteiger charge is -2.32. The van der Waals surface area contributed by atoms with E-state index in [9.17, 15) is 35.5 Å². The highest BCUT2D eigenvalue weighted by Gasteiger charge is 2.73. The molecule has 0 unspecified atom stereocenters. The molecule has 1 aliphatic carbocycles. The Morgan fingerprint density at radius 3 is 2.12 bits per heavy atom. The maximum absolute atomic E-state index is 14.6. The third-order valence-corrected chi connectivity index (χ3v) is 5.74. The van der Waals surface area contributed by atoms with Crippen LogP contribution in [0, 0.1) is 6.92 Å². The molecule has 0 atom stereocenters. The summed E-state index contributed by atoms with van der Waals surface area (Å²) in [5.41, 5.74) is -5.19. The standard InChI is InChI=1S/C22H21F7N2O/c1-3-13-11-17(20(23,21(24,25)26)22(27,28)29)9-12(2)18(13)31(30)19(32)16-8-7-14-5-4-6-15(14)10-16/h7-11H,3-6,30H2,1-2H3. The van der Waals surface area contributed by atoms with Gasteiger partial charge in [0.15, 0.2) is 0 Å². The molecule has 0 radical (unpaired) electrons. The van der Waals surface area contributed by atoms with Crippen LogP contribution in [0.1, 0.15) is 51.5 Å². The Morgan fingerprint density at radius 1 is 0.969 bits per heavy atom. The van der Waals surface area contributed by atoms with Crippen LogP contribution in [-0.4, -0.2) is 18.3 Å². The van der Waals surface area contributed by atoms with Gasteiger partial charge in [0.2, 0.25) is 0 Å². The first-order chi connectivity index (χ1) is 14.7. The molecule has 0 heterocycles. The quantitative estimate of drug-likeness (QED) is 0.268. The minimum atomic E-state index is -6.23. The zero-order chi connectivity index (χ0) is 24.1. The number of nitrogens with two attached hydrogens (primary N) is 1. The summed E-state index contributed by atoms with van der Waals surface area (Å²) in [6, 6.07) is 5.95. The zero-order valence-electron chi connectivity index (χ0n) is 17.3. The Bertz CT molecular complexity index is 1030. The number of rotatable bonds is 4. The van der Waals surface area contributed by atoms with Crippen molar-refractivity contribution in [2.75, 3.05) is 5.01 Å². The van der Waals surface area contributed by atoms with Crippen LogP contribution in [0.4, 0.5) is 36.4 Å². The van der Waals surface area contributed by atoms with Crippen molar-refractivity contribution in [1.82, 2.24) is 0 Å². The number of nitrogens with zero attached hydrogens (tertiary/aromatic N) is 1. The van der Waals surface area contributed by atoms with Gasteiger partial charge < -0.3 is 0 Å². The van der Waals surface area contributed by atoms with E-state index in [0.29, 0.717) is 17.1 Å². The number of anilines is 1. The molecule has 1 amide bonds. The molecule has 0 bridgehead atoms. The van der Waals surface area contributed by atoms with Gasteiger partial charge in [-0.2, -0.15) is 26.3 Å². The van der Waals surface area contributed by atoms with Crippen LogP contribution in [0.3, 0.4) is 0 Å². The molecule has 0 fully saturated rings. The Morgan fingerprint density at radius 2 is 1.56 bits per heavy atom. The molecule has 10 heteroatoms. The van der Waals surface area contributed by atoms with Gasteiger partial charge in [0, 0.05) is 11.1 Å². The van der Waals surface area contributed by atoms with E-state index in [1.165, 1.54) is 13.8 Å². The van der Waals surface area contributed by atoms with E-state index in [1.54, 1.807) is 18.2 Å². The van der Waals surface area contributed by atoms with E-state index in [0.717, 1.165) is 30.4 Å². The fourth-order valence-electron chi connectivity index (χ4n) is 4.10. The first-order valence-corrected chi connectivity index (χ1v) is 9.89. The predicted molar refractivity (Wildman–Crippen MR) is 105 cm³/mol. The highest BCUT2D eigenvalue weighted by Crippen LogP contribution is 2.54. The number of hydrogen-bond donors (Lipinski definition) is 1. The molecule has 0 aliphatic heterocycles. The number of halogens is 7. The first kappa shape index (κ1) is 24.0. The molecule has 174 valence electrons. The highest BCUT2D eigenvalue weighted by atomic mass is 19.4. The molecular formula is C22H21F7N2O. The van der Waals surface area contributed by atoms with Gasteiger partial charge in [-0.3, -0.25) is 4.79 Å². The number of hydrogen-bond acceptors (Lipinski definition) is 2. The molecule has 2 aromatic rings. The van der Waals surface area contributed by atoms with Gasteiger partial charge in [-0.05, 0) is 73.1 Å². The zero-order valence-corrected chi connectivity index (χ0v) is 17.3. The van der Waals surface area contributed by atoms with Gasteiger partial charge >= 0.3 is 18.0 Å². The Hall–Kier alpha value is -2.62. The van der Waals surface area contributed by atoms with Crippen LogP contribution in [0.5, 0.6) is 0 Å². The molecule has 0 spiro atoms. The van der Waals surface area contributed by atoms with Crippen LogP contribution in [-0.2, 0) is 24.9 Å². The van der Waals surface area contributed by atoms with E-state index in [2.05, 4.69) is 0 Å². The molecular weight excluding hydrogens is 441 g/mol. The number of amides is 1. The van der Waals surface area contributed by atoms with E-state index in [1.807, 2.05) is 0 Å². The van der Waals surface area contributed by atoms with Crippen molar-refractivity contribution in [2.24, 2.45) is 5.84 Å². The topological polar surface area (TPSA) is 46.3 Å². The molecule has 2 N–H and O–H groups in total. The summed E-state index contributed by atoms with van der Waals surface area (Å²) in [5.74, 6) is 5.29. The number of carbonyl (C=O) groups excluding carboxylic acids is 1. The molecule has 2 aromatic carbocycles. The summed E-state index contributed by atoms with van der Waals surface area (Å²) in [6.07, 6.45) is -9.91. The number of carbonyl (C=O) groups is 1. The van der Waals surface area contributed by atoms with Crippen molar-refractivity contribution < 1.29 is 35.5 Å². The monoisotopic (exact) mass is 462 g/mol. The van der Waals surface area contributed by atoms with E-state index < -0.39 is 29.5 Å². The fraction of sp³-hybridized carbons (Fsp3) is 0.409. The largest absolute Gasteiger partial charge is 0.435 e. The summed E-state index contributed by atoms with van der Waals surface area (Å²) >= 11 is 0. The van der Waals surface area contributed by atoms with E-state index >= 15 is 0 Å². The summed E-state index contributed by atoms with van der Waals surface area (Å²) in [7, 11) is 0. The van der Waals surface area contributed by atoms with E-state index in [-0.39, 0.29) is 28.8 Å². The van der Waals surface area contributed by atoms with Crippen LogP contribution < -0.4 is 10.9 Å². The lowest BCUT2D eigenvalue weighted by Crippen LogP contribution is -2.50. The number of aryl methyl sites for hydroxylation is 4. The fourth-order valence-corrected chi connectivity index (χ4v) is 4.10. The minimum absolute atomic E-state index is 0.0616. The smallest absolute Gasteiger partial charge is 0.267 e. The molecule has 0 saturated carbocycles. The molecule has 1 aliphatic rings. The second-order valence-electron chi connectivity index (χ2n) is 7.82. The predicted octanol–water partition coefficient (Wildman–Crippen LogP) is 5.86. The van der Waals surface area contributed by atoms with Crippen LogP contribution in [0.25, 0.3) is 0 Å². The van der Waals surface area contributed by atoms with Gasteiger partial charge in [-0.15, -0.1) is 0 Å². The van der Waals surface area contributed by atoms with Gasteiger partial charge in [-0.1, -0.05) is 19.1 Å². The first-order valence-electron chi connectivity index (χ1n) is 9.89. The summed E-state index contributed by atoms with van der Waals surface area (Å²) in [4.78, 5) is 12.9. The molecule has 0 aromatic heterocycles. The van der Waals surface area contributed by atoms with Crippen molar-refractivity contribution in [3.05, 3.63) is 63.7 Å². The highest BCUT2D eigenvalue weighted by molar-refractivity contribution is 6.06. The van der Waals surface area contributed by atoms with Crippen molar-refractivity contribution in [3.8, 4) is 0 Å². The lowest BCUT2D eigenvalue weighted by molar-refractivity contribution is -0.348. The lowest BCUT2D eigenvalue weighted by atomic mass is 9.89. The number of fused-ring (bicyclic) bond motifs is 1. The molecule has 32 heavy (non-hydrogen) atoms. The van der Waals surface area contributed by atoms with Gasteiger partial charge in [0.1, 0.15) is 0 Å².